The quantitative estimate of drug-likeness (QED) is 0.353. The molecule has 0 aliphatic heterocycles. The summed E-state index contributed by atoms with van der Waals surface area (Å²) in [6.07, 6.45) is 3.38. The molecule has 0 aliphatic rings. The van der Waals surface area contributed by atoms with Crippen LogP contribution < -0.4 is 10.9 Å². The number of benzene rings is 2. The Hall–Kier alpha value is -3.07. The molecule has 0 unspecified atom stereocenters. The Morgan fingerprint density at radius 3 is 1.52 bits per heavy atom. The molecule has 152 valence electrons. The highest BCUT2D eigenvalue weighted by molar-refractivity contribution is 7.99. The van der Waals surface area contributed by atoms with Crippen molar-refractivity contribution in [3.63, 3.8) is 0 Å². The normalized spacial score (nSPS) is 11.1. The summed E-state index contributed by atoms with van der Waals surface area (Å²) >= 11 is 1.46. The highest BCUT2D eigenvalue weighted by Gasteiger charge is 2.02. The number of hydrogen-bond acceptors (Lipinski definition) is 5. The van der Waals surface area contributed by atoms with Gasteiger partial charge >= 0.3 is 0 Å². The van der Waals surface area contributed by atoms with Gasteiger partial charge in [0.2, 0.25) is 11.8 Å². The van der Waals surface area contributed by atoms with E-state index in [0.717, 1.165) is 0 Å². The number of hydrogen-bond donors (Lipinski definition) is 2. The van der Waals surface area contributed by atoms with Gasteiger partial charge in [0.25, 0.3) is 0 Å². The van der Waals surface area contributed by atoms with E-state index in [1.54, 1.807) is 24.3 Å². The average molecular weight is 418 g/mol. The minimum Gasteiger partial charge on any atom is -0.273 e. The van der Waals surface area contributed by atoms with E-state index in [1.165, 1.54) is 48.5 Å². The largest absolute Gasteiger partial charge is 0.273 e. The van der Waals surface area contributed by atoms with E-state index in [0.29, 0.717) is 22.6 Å². The molecule has 0 heterocycles. The first kappa shape index (κ1) is 22.2. The molecule has 0 atom stereocenters. The lowest BCUT2D eigenvalue weighted by Crippen LogP contribution is -2.19. The first-order valence-electron chi connectivity index (χ1n) is 8.75. The molecule has 0 radical (unpaired) electrons. The topological polar surface area (TPSA) is 82.9 Å². The van der Waals surface area contributed by atoms with Crippen molar-refractivity contribution in [1.29, 1.82) is 0 Å². The number of amides is 2. The lowest BCUT2D eigenvalue weighted by Gasteiger charge is -2.01. The second kappa shape index (κ2) is 12.4. The third-order valence-electron chi connectivity index (χ3n) is 3.49. The molecule has 29 heavy (non-hydrogen) atoms. The second-order valence-corrected chi connectivity index (χ2v) is 7.03. The number of thioether (sulfide) groups is 1. The molecule has 2 aromatic rings. The van der Waals surface area contributed by atoms with Crippen LogP contribution in [-0.4, -0.2) is 35.7 Å². The third-order valence-corrected chi connectivity index (χ3v) is 4.48. The van der Waals surface area contributed by atoms with E-state index >= 15 is 0 Å². The van der Waals surface area contributed by atoms with Crippen LogP contribution in [0.3, 0.4) is 0 Å². The zero-order chi connectivity index (χ0) is 20.9. The molecule has 2 aromatic carbocycles. The van der Waals surface area contributed by atoms with Crippen LogP contribution in [0.4, 0.5) is 8.78 Å². The van der Waals surface area contributed by atoms with Crippen LogP contribution in [0, 0.1) is 11.6 Å². The molecule has 0 fully saturated rings. The number of carbonyl (C=O) groups excluding carboxylic acids is 2. The van der Waals surface area contributed by atoms with E-state index in [9.17, 15) is 18.4 Å². The summed E-state index contributed by atoms with van der Waals surface area (Å²) in [4.78, 5) is 23.3. The molecule has 6 nitrogen and oxygen atoms in total. The van der Waals surface area contributed by atoms with Gasteiger partial charge in [0, 0.05) is 24.3 Å². The minimum absolute atomic E-state index is 0.246. The van der Waals surface area contributed by atoms with Crippen LogP contribution >= 0.6 is 11.8 Å². The van der Waals surface area contributed by atoms with E-state index < -0.39 is 0 Å². The molecule has 0 saturated heterocycles. The smallest absolute Gasteiger partial charge is 0.240 e. The first-order valence-corrected chi connectivity index (χ1v) is 9.91. The Morgan fingerprint density at radius 2 is 1.14 bits per heavy atom. The Bertz CT molecular complexity index is 784. The molecule has 0 saturated carbocycles. The molecular formula is C20H20F2N4O2S. The fourth-order valence-corrected chi connectivity index (χ4v) is 2.86. The van der Waals surface area contributed by atoms with Crippen molar-refractivity contribution in [2.75, 3.05) is 11.5 Å². The van der Waals surface area contributed by atoms with Crippen LogP contribution in [0.15, 0.2) is 58.7 Å². The van der Waals surface area contributed by atoms with Crippen molar-refractivity contribution < 1.29 is 18.4 Å². The maximum Gasteiger partial charge on any atom is 0.240 e. The second-order valence-electron chi connectivity index (χ2n) is 5.80. The predicted molar refractivity (Wildman–Crippen MR) is 111 cm³/mol. The first-order chi connectivity index (χ1) is 14.0. The van der Waals surface area contributed by atoms with Crippen molar-refractivity contribution in [3.8, 4) is 0 Å². The SMILES string of the molecule is O=C(CCSCCC(=O)N/N=C/c1ccc(F)cc1)N/N=C/c1ccc(F)cc1. The molecule has 0 bridgehead atoms. The van der Waals surface area contributed by atoms with Crippen LogP contribution in [0.25, 0.3) is 0 Å². The van der Waals surface area contributed by atoms with Gasteiger partial charge in [-0.25, -0.2) is 19.6 Å². The monoisotopic (exact) mass is 418 g/mol. The highest BCUT2D eigenvalue weighted by Crippen LogP contribution is 2.05. The summed E-state index contributed by atoms with van der Waals surface area (Å²) in [6, 6.07) is 11.4. The van der Waals surface area contributed by atoms with Gasteiger partial charge in [-0.05, 0) is 35.4 Å². The highest BCUT2D eigenvalue weighted by atomic mass is 32.2. The van der Waals surface area contributed by atoms with Gasteiger partial charge in [-0.2, -0.15) is 22.0 Å². The van der Waals surface area contributed by atoms with Gasteiger partial charge in [0.15, 0.2) is 0 Å². The molecule has 0 aliphatic carbocycles. The zero-order valence-electron chi connectivity index (χ0n) is 15.5. The average Bonchev–Trinajstić information content (AvgIpc) is 2.71. The third kappa shape index (κ3) is 9.61. The fraction of sp³-hybridized carbons (Fsp3) is 0.200. The summed E-state index contributed by atoms with van der Waals surface area (Å²) in [5.74, 6) is -0.0739. The van der Waals surface area contributed by atoms with Crippen molar-refractivity contribution >= 4 is 36.0 Å². The Balaban J connectivity index is 1.53. The zero-order valence-corrected chi connectivity index (χ0v) is 16.3. The van der Waals surface area contributed by atoms with Crippen molar-refractivity contribution in [2.24, 2.45) is 10.2 Å². The van der Waals surface area contributed by atoms with Gasteiger partial charge in [-0.15, -0.1) is 0 Å². The van der Waals surface area contributed by atoms with Gasteiger partial charge < -0.3 is 0 Å². The fourth-order valence-electron chi connectivity index (χ4n) is 2.00. The van der Waals surface area contributed by atoms with Gasteiger partial charge in [-0.3, -0.25) is 9.59 Å². The molecule has 2 rings (SSSR count). The maximum atomic E-state index is 12.8. The number of halogens is 2. The molecular weight excluding hydrogens is 398 g/mol. The predicted octanol–water partition coefficient (Wildman–Crippen LogP) is 3.08. The standard InChI is InChI=1S/C20H20F2N4O2S/c21-17-5-1-15(2-6-17)13-23-25-19(27)9-11-29-12-10-20(28)26-24-14-16-3-7-18(22)8-4-16/h1-8,13-14H,9-12H2,(H,25,27)(H,26,28)/b23-13+,24-14+. The van der Waals surface area contributed by atoms with Gasteiger partial charge in [-0.1, -0.05) is 24.3 Å². The summed E-state index contributed by atoms with van der Waals surface area (Å²) in [5.41, 5.74) is 6.14. The molecule has 9 heteroatoms. The Kier molecular flexibility index (Phi) is 9.50. The lowest BCUT2D eigenvalue weighted by atomic mass is 10.2. The van der Waals surface area contributed by atoms with Gasteiger partial charge in [0.05, 0.1) is 12.4 Å². The summed E-state index contributed by atoms with van der Waals surface area (Å²) < 4.78 is 25.5. The molecule has 2 amide bonds. The van der Waals surface area contributed by atoms with Gasteiger partial charge in [0.1, 0.15) is 11.6 Å². The summed E-state index contributed by atoms with van der Waals surface area (Å²) in [7, 11) is 0. The van der Waals surface area contributed by atoms with E-state index in [2.05, 4.69) is 21.1 Å². The number of nitrogens with zero attached hydrogens (tertiary/aromatic N) is 2. The summed E-state index contributed by atoms with van der Waals surface area (Å²) in [6.45, 7) is 0. The number of rotatable bonds is 10. The maximum absolute atomic E-state index is 12.8. The van der Waals surface area contributed by atoms with Crippen LogP contribution in [0.1, 0.15) is 24.0 Å². The van der Waals surface area contributed by atoms with Crippen molar-refractivity contribution in [1.82, 2.24) is 10.9 Å². The van der Waals surface area contributed by atoms with E-state index in [1.807, 2.05) is 0 Å². The van der Waals surface area contributed by atoms with E-state index in [-0.39, 0.29) is 36.3 Å². The lowest BCUT2D eigenvalue weighted by molar-refractivity contribution is -0.121. The molecule has 0 spiro atoms. The van der Waals surface area contributed by atoms with E-state index in [4.69, 9.17) is 0 Å². The van der Waals surface area contributed by atoms with Crippen LogP contribution in [0.5, 0.6) is 0 Å². The molecule has 2 N–H and O–H groups in total. The van der Waals surface area contributed by atoms with Crippen molar-refractivity contribution in [2.45, 2.75) is 12.8 Å². The minimum atomic E-state index is -0.337. The Labute approximate surface area is 171 Å². The Morgan fingerprint density at radius 1 is 0.759 bits per heavy atom. The number of nitrogens with one attached hydrogen (secondary N) is 2. The summed E-state index contributed by atoms with van der Waals surface area (Å²) in [5, 5.41) is 7.61. The number of carbonyl (C=O) groups is 2. The van der Waals surface area contributed by atoms with Crippen molar-refractivity contribution in [3.05, 3.63) is 71.3 Å². The van der Waals surface area contributed by atoms with Crippen LogP contribution in [-0.2, 0) is 9.59 Å². The molecule has 0 aromatic heterocycles. The number of hydrazone groups is 2. The van der Waals surface area contributed by atoms with Crippen LogP contribution in [0.2, 0.25) is 0 Å².